The average molecular weight is 573 g/mol. The zero-order valence-corrected chi connectivity index (χ0v) is 24.3. The molecule has 1 aliphatic carbocycles. The number of carbonyl (C=O) groups is 3. The number of rotatable bonds is 10. The molecule has 0 aromatic heterocycles. The minimum atomic E-state index is -1.14. The molecule has 0 unspecified atom stereocenters. The molecule has 3 aliphatic heterocycles. The number of ether oxygens (including phenoxy) is 2. The maximum atomic E-state index is 14.1. The van der Waals surface area contributed by atoms with Crippen LogP contribution in [-0.4, -0.2) is 78.5 Å². The van der Waals surface area contributed by atoms with E-state index >= 15 is 0 Å². The van der Waals surface area contributed by atoms with E-state index in [0.717, 1.165) is 44.4 Å². The number of likely N-dealkylation sites (tertiary alicyclic amines) is 1. The fraction of sp³-hybridized carbons (Fsp3) is 0.485. The van der Waals surface area contributed by atoms with E-state index < -0.39 is 29.6 Å². The van der Waals surface area contributed by atoms with Crippen molar-refractivity contribution in [2.75, 3.05) is 32.5 Å². The van der Waals surface area contributed by atoms with Crippen LogP contribution in [0.15, 0.2) is 66.7 Å². The Morgan fingerprint density at radius 1 is 1.00 bits per heavy atom. The van der Waals surface area contributed by atoms with E-state index in [1.165, 1.54) is 6.42 Å². The molecule has 2 bridgehead atoms. The van der Waals surface area contributed by atoms with Gasteiger partial charge in [-0.25, -0.2) is 0 Å². The van der Waals surface area contributed by atoms with Gasteiger partial charge in [-0.1, -0.05) is 49.6 Å². The van der Waals surface area contributed by atoms with Crippen molar-refractivity contribution in [3.63, 3.8) is 0 Å². The van der Waals surface area contributed by atoms with Gasteiger partial charge in [0.1, 0.15) is 23.1 Å². The van der Waals surface area contributed by atoms with Gasteiger partial charge in [-0.05, 0) is 76.3 Å². The summed E-state index contributed by atoms with van der Waals surface area (Å²) in [6, 6.07) is 15.9. The van der Waals surface area contributed by atoms with Crippen molar-refractivity contribution in [3.05, 3.63) is 66.7 Å². The van der Waals surface area contributed by atoms with Gasteiger partial charge in [0.2, 0.25) is 17.7 Å². The number of amides is 3. The summed E-state index contributed by atoms with van der Waals surface area (Å²) in [5, 5.41) is 6.22. The van der Waals surface area contributed by atoms with Crippen molar-refractivity contribution in [2.24, 2.45) is 11.8 Å². The quantitative estimate of drug-likeness (QED) is 0.418. The highest BCUT2D eigenvalue weighted by atomic mass is 16.5. The molecular formula is C33H40N4O5. The van der Waals surface area contributed by atoms with Gasteiger partial charge >= 0.3 is 0 Å². The molecule has 3 heterocycles. The average Bonchev–Trinajstić information content (AvgIpc) is 3.62. The highest BCUT2D eigenvalue weighted by molar-refractivity contribution is 6.02. The predicted molar refractivity (Wildman–Crippen MR) is 159 cm³/mol. The van der Waals surface area contributed by atoms with E-state index in [1.54, 1.807) is 29.2 Å². The van der Waals surface area contributed by atoms with Crippen LogP contribution < -0.4 is 15.4 Å². The molecule has 2 aromatic rings. The summed E-state index contributed by atoms with van der Waals surface area (Å²) in [5.74, 6) is -0.763. The summed E-state index contributed by atoms with van der Waals surface area (Å²) in [6.07, 6.45) is 9.15. The zero-order chi connectivity index (χ0) is 29.3. The lowest BCUT2D eigenvalue weighted by molar-refractivity contribution is -0.141. The highest BCUT2D eigenvalue weighted by Gasteiger charge is 2.72. The zero-order valence-electron chi connectivity index (χ0n) is 24.3. The van der Waals surface area contributed by atoms with E-state index in [-0.39, 0.29) is 23.8 Å². The van der Waals surface area contributed by atoms with Crippen molar-refractivity contribution >= 4 is 23.4 Å². The molecule has 3 fully saturated rings. The van der Waals surface area contributed by atoms with Crippen LogP contribution in [0.2, 0.25) is 0 Å². The van der Waals surface area contributed by atoms with Crippen LogP contribution in [0.3, 0.4) is 0 Å². The first-order chi connectivity index (χ1) is 20.4. The standard InChI is InChI=1S/C33H40N4O5/c1-36(2)20-9-21-37-29(31(39)35-22-10-5-3-6-11-22)33-19-18-26(42-33)27(28(33)32(37)40)30(38)34-23-14-16-25(17-15-23)41-24-12-7-4-8-13-24/h4,7-8,12-19,22,26-29H,3,5-6,9-11,20-21H2,1-2H3,(H,34,38)(H,35,39)/t26-,27+,28-,29-,33-/m0/s1. The van der Waals surface area contributed by atoms with Crippen molar-refractivity contribution in [1.82, 2.24) is 15.1 Å². The molecule has 9 nitrogen and oxygen atoms in total. The number of anilines is 1. The van der Waals surface area contributed by atoms with E-state index in [2.05, 4.69) is 15.5 Å². The van der Waals surface area contributed by atoms with Gasteiger partial charge in [0.15, 0.2) is 0 Å². The first-order valence-electron chi connectivity index (χ1n) is 15.1. The summed E-state index contributed by atoms with van der Waals surface area (Å²) in [4.78, 5) is 45.4. The first-order valence-corrected chi connectivity index (χ1v) is 15.1. The predicted octanol–water partition coefficient (Wildman–Crippen LogP) is 3.97. The molecule has 5 atom stereocenters. The summed E-state index contributed by atoms with van der Waals surface area (Å²) >= 11 is 0. The molecule has 2 N–H and O–H groups in total. The first kappa shape index (κ1) is 28.4. The van der Waals surface area contributed by atoms with E-state index in [9.17, 15) is 14.4 Å². The number of fused-ring (bicyclic) bond motifs is 1. The topological polar surface area (TPSA) is 100 Å². The molecule has 2 aromatic carbocycles. The van der Waals surface area contributed by atoms with Crippen molar-refractivity contribution in [3.8, 4) is 11.5 Å². The maximum Gasteiger partial charge on any atom is 0.246 e. The van der Waals surface area contributed by atoms with E-state index in [1.807, 2.05) is 56.6 Å². The summed E-state index contributed by atoms with van der Waals surface area (Å²) in [5.41, 5.74) is -0.547. The van der Waals surface area contributed by atoms with Crippen LogP contribution in [-0.2, 0) is 19.1 Å². The van der Waals surface area contributed by atoms with Gasteiger partial charge in [-0.3, -0.25) is 14.4 Å². The lowest BCUT2D eigenvalue weighted by Gasteiger charge is -2.34. The smallest absolute Gasteiger partial charge is 0.246 e. The third-order valence-corrected chi connectivity index (χ3v) is 8.98. The van der Waals surface area contributed by atoms with Gasteiger partial charge in [0.25, 0.3) is 0 Å². The number of carbonyl (C=O) groups excluding carboxylic acids is 3. The Morgan fingerprint density at radius 3 is 2.43 bits per heavy atom. The van der Waals surface area contributed by atoms with Gasteiger partial charge in [0, 0.05) is 18.3 Å². The second-order valence-corrected chi connectivity index (χ2v) is 12.2. The Kier molecular flexibility index (Phi) is 8.05. The van der Waals surface area contributed by atoms with Crippen LogP contribution in [0, 0.1) is 11.8 Å². The number of para-hydroxylation sites is 1. The third kappa shape index (κ3) is 5.43. The second-order valence-electron chi connectivity index (χ2n) is 12.2. The number of nitrogens with one attached hydrogen (secondary N) is 2. The molecule has 3 amide bonds. The molecule has 9 heteroatoms. The third-order valence-electron chi connectivity index (χ3n) is 8.98. The molecule has 42 heavy (non-hydrogen) atoms. The molecule has 1 saturated carbocycles. The van der Waals surface area contributed by atoms with Gasteiger partial charge in [-0.2, -0.15) is 0 Å². The number of nitrogens with zero attached hydrogens (tertiary/aromatic N) is 2. The van der Waals surface area contributed by atoms with Crippen molar-refractivity contribution in [2.45, 2.75) is 62.3 Å². The molecule has 222 valence electrons. The monoisotopic (exact) mass is 572 g/mol. The molecule has 4 aliphatic rings. The molecule has 2 saturated heterocycles. The molecule has 1 spiro atoms. The lowest BCUT2D eigenvalue weighted by atomic mass is 9.74. The minimum absolute atomic E-state index is 0.107. The molecular weight excluding hydrogens is 532 g/mol. The Hall–Kier alpha value is -3.69. The van der Waals surface area contributed by atoms with Gasteiger partial charge in [0.05, 0.1) is 17.9 Å². The molecule has 6 rings (SSSR count). The fourth-order valence-electron chi connectivity index (χ4n) is 7.05. The number of hydrogen-bond acceptors (Lipinski definition) is 6. The van der Waals surface area contributed by atoms with Crippen LogP contribution in [0.5, 0.6) is 11.5 Å². The van der Waals surface area contributed by atoms with Crippen LogP contribution in [0.1, 0.15) is 38.5 Å². The van der Waals surface area contributed by atoms with E-state index in [4.69, 9.17) is 9.47 Å². The Morgan fingerprint density at radius 2 is 1.71 bits per heavy atom. The Bertz CT molecular complexity index is 1320. The Balaban J connectivity index is 1.20. The summed E-state index contributed by atoms with van der Waals surface area (Å²) in [6.45, 7) is 1.21. The second kappa shape index (κ2) is 11.9. The van der Waals surface area contributed by atoms with Crippen molar-refractivity contribution < 1.29 is 23.9 Å². The molecule has 0 radical (unpaired) electrons. The minimum Gasteiger partial charge on any atom is -0.457 e. The van der Waals surface area contributed by atoms with Gasteiger partial charge < -0.3 is 29.9 Å². The summed E-state index contributed by atoms with van der Waals surface area (Å²) < 4.78 is 12.3. The number of benzene rings is 2. The fourth-order valence-corrected chi connectivity index (χ4v) is 7.05. The van der Waals surface area contributed by atoms with Gasteiger partial charge in [-0.15, -0.1) is 0 Å². The normalized spacial score (nSPS) is 28.3. The van der Waals surface area contributed by atoms with E-state index in [0.29, 0.717) is 18.0 Å². The lowest BCUT2D eigenvalue weighted by Crippen LogP contribution is -2.56. The number of hydrogen-bond donors (Lipinski definition) is 2. The highest BCUT2D eigenvalue weighted by Crippen LogP contribution is 2.55. The summed E-state index contributed by atoms with van der Waals surface area (Å²) in [7, 11) is 3.97. The maximum absolute atomic E-state index is 14.1. The SMILES string of the molecule is CN(C)CCCN1C(=O)[C@@H]2[C@H](C(=O)Nc3ccc(Oc4ccccc4)cc3)[C@@H]3C=C[C@@]2(O3)[C@@H]1C(=O)NC1CCCCC1. The van der Waals surface area contributed by atoms with Crippen LogP contribution in [0.25, 0.3) is 0 Å². The Labute approximate surface area is 247 Å². The van der Waals surface area contributed by atoms with Crippen LogP contribution >= 0.6 is 0 Å². The van der Waals surface area contributed by atoms with Crippen molar-refractivity contribution in [1.29, 1.82) is 0 Å². The largest absolute Gasteiger partial charge is 0.457 e. The van der Waals surface area contributed by atoms with Crippen LogP contribution in [0.4, 0.5) is 5.69 Å².